The fourth-order valence-electron chi connectivity index (χ4n) is 4.15. The van der Waals surface area contributed by atoms with Gasteiger partial charge in [0.15, 0.2) is 0 Å². The highest BCUT2D eigenvalue weighted by atomic mass is 16.5. The summed E-state index contributed by atoms with van der Waals surface area (Å²) in [4.78, 5) is 31.1. The van der Waals surface area contributed by atoms with Crippen molar-refractivity contribution in [2.75, 3.05) is 19.8 Å². The molecule has 0 atom stereocenters. The van der Waals surface area contributed by atoms with Gasteiger partial charge in [0, 0.05) is 29.2 Å². The summed E-state index contributed by atoms with van der Waals surface area (Å²) in [6, 6.07) is 15.6. The number of nitrogens with one attached hydrogen (secondary N) is 1. The van der Waals surface area contributed by atoms with Crippen molar-refractivity contribution in [2.45, 2.75) is 13.3 Å². The van der Waals surface area contributed by atoms with Crippen LogP contribution in [0.2, 0.25) is 0 Å². The Morgan fingerprint density at radius 3 is 2.81 bits per heavy atom. The van der Waals surface area contributed by atoms with Gasteiger partial charge >= 0.3 is 5.97 Å². The minimum atomic E-state index is -0.450. The van der Waals surface area contributed by atoms with Crippen LogP contribution in [-0.2, 0) is 20.7 Å². The van der Waals surface area contributed by atoms with Crippen molar-refractivity contribution in [3.05, 3.63) is 77.1 Å². The molecule has 0 bridgehead atoms. The lowest BCUT2D eigenvalue weighted by Crippen LogP contribution is -2.31. The van der Waals surface area contributed by atoms with Gasteiger partial charge in [-0.2, -0.15) is 0 Å². The van der Waals surface area contributed by atoms with Gasteiger partial charge in [-0.15, -0.1) is 0 Å². The van der Waals surface area contributed by atoms with Crippen LogP contribution in [0.25, 0.3) is 22.6 Å². The van der Waals surface area contributed by atoms with E-state index >= 15 is 0 Å². The van der Waals surface area contributed by atoms with E-state index in [2.05, 4.69) is 4.98 Å². The van der Waals surface area contributed by atoms with E-state index < -0.39 is 5.97 Å². The number of esters is 1. The Bertz CT molecular complexity index is 1250. The first-order valence-electron chi connectivity index (χ1n) is 10.4. The number of fused-ring (bicyclic) bond motifs is 4. The van der Waals surface area contributed by atoms with E-state index in [1.165, 1.54) is 0 Å². The molecule has 6 nitrogen and oxygen atoms in total. The molecule has 1 N–H and O–H groups in total. The van der Waals surface area contributed by atoms with Crippen LogP contribution in [0.15, 0.2) is 60.3 Å². The summed E-state index contributed by atoms with van der Waals surface area (Å²) in [6.07, 6.45) is 4.09. The highest BCUT2D eigenvalue weighted by molar-refractivity contribution is 6.18. The molecule has 0 fully saturated rings. The van der Waals surface area contributed by atoms with E-state index in [4.69, 9.17) is 9.47 Å². The van der Waals surface area contributed by atoms with Crippen molar-refractivity contribution in [1.29, 1.82) is 0 Å². The molecule has 2 aliphatic rings. The summed E-state index contributed by atoms with van der Waals surface area (Å²) in [5.74, 6) is 0.138. The zero-order valence-corrected chi connectivity index (χ0v) is 17.2. The number of hydrogen-bond donors (Lipinski definition) is 1. The number of ether oxygens (including phenoxy) is 2. The number of nitrogens with zero attached hydrogens (tertiary/aromatic N) is 1. The maximum Gasteiger partial charge on any atom is 0.341 e. The number of rotatable bonds is 3. The summed E-state index contributed by atoms with van der Waals surface area (Å²) in [5.41, 5.74) is 4.48. The van der Waals surface area contributed by atoms with Crippen LogP contribution in [0, 0.1) is 0 Å². The number of carbonyl (C=O) groups is 2. The third kappa shape index (κ3) is 3.40. The second kappa shape index (κ2) is 7.80. The summed E-state index contributed by atoms with van der Waals surface area (Å²) in [6.45, 7) is 2.68. The van der Waals surface area contributed by atoms with Crippen LogP contribution in [0.4, 0.5) is 0 Å². The normalized spacial score (nSPS) is 15.2. The largest absolute Gasteiger partial charge is 0.488 e. The number of carbonyl (C=O) groups excluding carboxylic acids is 2. The molecule has 5 rings (SSSR count). The lowest BCUT2D eigenvalue weighted by atomic mass is 10.0. The van der Waals surface area contributed by atoms with E-state index in [1.807, 2.05) is 54.6 Å². The van der Waals surface area contributed by atoms with Crippen molar-refractivity contribution >= 4 is 34.4 Å². The lowest BCUT2D eigenvalue weighted by molar-refractivity contribution is -0.136. The predicted molar refractivity (Wildman–Crippen MR) is 118 cm³/mol. The fraction of sp³-hybridized carbons (Fsp3) is 0.200. The molecule has 2 aromatic carbocycles. The monoisotopic (exact) mass is 414 g/mol. The molecule has 0 aliphatic carbocycles. The molecule has 156 valence electrons. The predicted octanol–water partition coefficient (Wildman–Crippen LogP) is 3.93. The van der Waals surface area contributed by atoms with Crippen LogP contribution < -0.4 is 4.74 Å². The number of H-pyrrole nitrogens is 1. The van der Waals surface area contributed by atoms with Crippen molar-refractivity contribution in [2.24, 2.45) is 0 Å². The topological polar surface area (TPSA) is 71.6 Å². The number of aromatic amines is 1. The number of hydrogen-bond acceptors (Lipinski definition) is 4. The van der Waals surface area contributed by atoms with Crippen LogP contribution in [-0.4, -0.2) is 41.5 Å². The highest BCUT2D eigenvalue weighted by Gasteiger charge is 2.29. The van der Waals surface area contributed by atoms with E-state index in [-0.39, 0.29) is 19.1 Å². The first kappa shape index (κ1) is 19.2. The molecule has 0 saturated carbocycles. The van der Waals surface area contributed by atoms with Gasteiger partial charge in [0.1, 0.15) is 12.4 Å². The highest BCUT2D eigenvalue weighted by Crippen LogP contribution is 2.32. The van der Waals surface area contributed by atoms with Gasteiger partial charge < -0.3 is 19.4 Å². The number of para-hydroxylation sites is 2. The minimum Gasteiger partial charge on any atom is -0.488 e. The molecule has 6 heteroatoms. The Morgan fingerprint density at radius 2 is 1.94 bits per heavy atom. The van der Waals surface area contributed by atoms with Gasteiger partial charge in [-0.25, -0.2) is 4.79 Å². The maximum absolute atomic E-state index is 13.3. The minimum absolute atomic E-state index is 0.175. The summed E-state index contributed by atoms with van der Waals surface area (Å²) < 4.78 is 11.1. The van der Waals surface area contributed by atoms with Crippen LogP contribution in [0.3, 0.4) is 0 Å². The molecule has 3 aromatic rings. The summed E-state index contributed by atoms with van der Waals surface area (Å²) in [5, 5.41) is 1.05. The van der Waals surface area contributed by atoms with Gasteiger partial charge in [0.05, 0.1) is 23.4 Å². The van der Waals surface area contributed by atoms with Gasteiger partial charge in [-0.1, -0.05) is 36.4 Å². The van der Waals surface area contributed by atoms with E-state index in [0.29, 0.717) is 29.8 Å². The molecule has 0 spiro atoms. The second-order valence-corrected chi connectivity index (χ2v) is 7.53. The van der Waals surface area contributed by atoms with Crippen molar-refractivity contribution in [3.63, 3.8) is 0 Å². The Kier molecular flexibility index (Phi) is 4.82. The zero-order valence-electron chi connectivity index (χ0n) is 17.2. The first-order valence-corrected chi connectivity index (χ1v) is 10.4. The maximum atomic E-state index is 13.3. The second-order valence-electron chi connectivity index (χ2n) is 7.53. The zero-order chi connectivity index (χ0) is 21.4. The SMILES string of the molecule is CCOC(=O)C1=CN(C(=O)C2=Cc3ccccc3OC2)CCc2c1[nH]c1ccccc21. The third-order valence-electron chi connectivity index (χ3n) is 5.63. The molecule has 0 radical (unpaired) electrons. The standard InChI is InChI=1S/C25H22N2O4/c1-2-30-25(29)20-14-27(12-11-19-18-8-4-5-9-21(18)26-23(19)20)24(28)17-13-16-7-3-6-10-22(16)31-15-17/h3-10,13-14,26H,2,11-12,15H2,1H3. The van der Waals surface area contributed by atoms with Gasteiger partial charge in [0.2, 0.25) is 0 Å². The van der Waals surface area contributed by atoms with E-state index in [1.54, 1.807) is 18.0 Å². The molecule has 31 heavy (non-hydrogen) atoms. The lowest BCUT2D eigenvalue weighted by Gasteiger charge is -2.23. The average Bonchev–Trinajstić information content (AvgIpc) is 3.06. The molecule has 3 heterocycles. The Hall–Kier alpha value is -3.80. The van der Waals surface area contributed by atoms with Gasteiger partial charge in [-0.3, -0.25) is 4.79 Å². The quantitative estimate of drug-likeness (QED) is 0.659. The Morgan fingerprint density at radius 1 is 1.13 bits per heavy atom. The van der Waals surface area contributed by atoms with Crippen LogP contribution in [0.5, 0.6) is 5.75 Å². The molecule has 1 amide bonds. The summed E-state index contributed by atoms with van der Waals surface area (Å²) >= 11 is 0. The van der Waals surface area contributed by atoms with Crippen LogP contribution >= 0.6 is 0 Å². The average molecular weight is 414 g/mol. The molecule has 0 unspecified atom stereocenters. The summed E-state index contributed by atoms with van der Waals surface area (Å²) in [7, 11) is 0. The van der Waals surface area contributed by atoms with Crippen molar-refractivity contribution in [3.8, 4) is 5.75 Å². The molecule has 1 aromatic heterocycles. The molecular weight excluding hydrogens is 392 g/mol. The van der Waals surface area contributed by atoms with Crippen molar-refractivity contribution in [1.82, 2.24) is 9.88 Å². The van der Waals surface area contributed by atoms with E-state index in [9.17, 15) is 9.59 Å². The fourth-order valence-corrected chi connectivity index (χ4v) is 4.15. The van der Waals surface area contributed by atoms with Gasteiger partial charge in [0.25, 0.3) is 5.91 Å². The Labute approximate surface area is 179 Å². The first-order chi connectivity index (χ1) is 15.2. The van der Waals surface area contributed by atoms with Crippen molar-refractivity contribution < 1.29 is 19.1 Å². The smallest absolute Gasteiger partial charge is 0.341 e. The molecular formula is C25H22N2O4. The van der Waals surface area contributed by atoms with Crippen LogP contribution in [0.1, 0.15) is 23.7 Å². The third-order valence-corrected chi connectivity index (χ3v) is 5.63. The molecule has 2 aliphatic heterocycles. The van der Waals surface area contributed by atoms with Gasteiger partial charge in [-0.05, 0) is 37.1 Å². The number of amides is 1. The number of aromatic nitrogens is 1. The molecule has 0 saturated heterocycles. The number of benzene rings is 2. The van der Waals surface area contributed by atoms with E-state index in [0.717, 1.165) is 27.8 Å². The Balaban J connectivity index is 1.54.